The van der Waals surface area contributed by atoms with Crippen LogP contribution in [0.25, 0.3) is 0 Å². The summed E-state index contributed by atoms with van der Waals surface area (Å²) in [5.41, 5.74) is 0. The molecular formula is C10H18N2O. The molecule has 2 aliphatic rings. The highest BCUT2D eigenvalue weighted by Crippen LogP contribution is 2.20. The zero-order valence-electron chi connectivity index (χ0n) is 8.33. The molecule has 0 N–H and O–H groups in total. The van der Waals surface area contributed by atoms with E-state index in [-0.39, 0.29) is 0 Å². The summed E-state index contributed by atoms with van der Waals surface area (Å²) in [7, 11) is 0. The van der Waals surface area contributed by atoms with E-state index in [1.165, 1.54) is 25.9 Å². The first-order chi connectivity index (χ1) is 6.31. The first-order valence-electron chi connectivity index (χ1n) is 5.33. The van der Waals surface area contributed by atoms with Crippen molar-refractivity contribution in [3.05, 3.63) is 0 Å². The van der Waals surface area contributed by atoms with Crippen LogP contribution in [0.4, 0.5) is 0 Å². The molecule has 0 aromatic rings. The number of nitrogens with zero attached hydrogens (tertiary/aromatic N) is 2. The Morgan fingerprint density at radius 2 is 1.92 bits per heavy atom. The maximum Gasteiger partial charge on any atom is 0.222 e. The minimum absolute atomic E-state index is 0.315. The molecule has 3 nitrogen and oxygen atoms in total. The zero-order chi connectivity index (χ0) is 9.26. The number of amides is 1. The van der Waals surface area contributed by atoms with E-state index < -0.39 is 0 Å². The second kappa shape index (κ2) is 3.66. The third kappa shape index (κ3) is 1.70. The lowest BCUT2D eigenvalue weighted by Gasteiger charge is -2.44. The molecule has 0 aromatic carbocycles. The summed E-state index contributed by atoms with van der Waals surface area (Å²) in [6.07, 6.45) is 3.35. The highest BCUT2D eigenvalue weighted by Gasteiger charge is 2.34. The molecule has 2 aliphatic heterocycles. The van der Waals surface area contributed by atoms with Crippen molar-refractivity contribution in [3.63, 3.8) is 0 Å². The van der Waals surface area contributed by atoms with Crippen LogP contribution in [0.1, 0.15) is 26.2 Å². The Bertz CT molecular complexity index is 193. The van der Waals surface area contributed by atoms with Crippen LogP contribution < -0.4 is 0 Å². The summed E-state index contributed by atoms with van der Waals surface area (Å²) in [5, 5.41) is 0. The Labute approximate surface area is 79.7 Å². The van der Waals surface area contributed by atoms with Gasteiger partial charge in [-0.2, -0.15) is 0 Å². The van der Waals surface area contributed by atoms with Crippen molar-refractivity contribution in [2.24, 2.45) is 0 Å². The molecule has 2 heterocycles. The molecule has 74 valence electrons. The average Bonchev–Trinajstić information content (AvgIpc) is 2.54. The lowest BCUT2D eigenvalue weighted by molar-refractivity contribution is -0.137. The smallest absolute Gasteiger partial charge is 0.222 e. The molecule has 2 fully saturated rings. The molecule has 0 saturated carbocycles. The molecule has 13 heavy (non-hydrogen) atoms. The fourth-order valence-corrected chi connectivity index (χ4v) is 2.22. The number of carbonyl (C=O) groups is 1. The monoisotopic (exact) mass is 182 g/mol. The second-order valence-electron chi connectivity index (χ2n) is 4.05. The molecule has 0 atom stereocenters. The molecular weight excluding hydrogens is 164 g/mol. The highest BCUT2D eigenvalue weighted by atomic mass is 16.2. The SMILES string of the molecule is CCC(=O)N1CC(N2CCCC2)C1. The van der Waals surface area contributed by atoms with E-state index in [0.29, 0.717) is 18.4 Å². The van der Waals surface area contributed by atoms with Gasteiger partial charge in [-0.1, -0.05) is 6.92 Å². The Morgan fingerprint density at radius 1 is 1.31 bits per heavy atom. The van der Waals surface area contributed by atoms with Gasteiger partial charge in [-0.15, -0.1) is 0 Å². The summed E-state index contributed by atoms with van der Waals surface area (Å²) in [4.78, 5) is 15.8. The van der Waals surface area contributed by atoms with Crippen molar-refractivity contribution in [2.45, 2.75) is 32.2 Å². The quantitative estimate of drug-likeness (QED) is 0.627. The predicted octanol–water partition coefficient (Wildman–Crippen LogP) is 0.703. The van der Waals surface area contributed by atoms with Gasteiger partial charge in [0, 0.05) is 25.6 Å². The normalized spacial score (nSPS) is 24.8. The average molecular weight is 182 g/mol. The van der Waals surface area contributed by atoms with E-state index >= 15 is 0 Å². The van der Waals surface area contributed by atoms with Gasteiger partial charge in [-0.25, -0.2) is 0 Å². The lowest BCUT2D eigenvalue weighted by atomic mass is 10.1. The predicted molar refractivity (Wildman–Crippen MR) is 51.5 cm³/mol. The van der Waals surface area contributed by atoms with E-state index in [1.54, 1.807) is 0 Å². The van der Waals surface area contributed by atoms with Crippen LogP contribution in [0.5, 0.6) is 0 Å². The molecule has 0 bridgehead atoms. The van der Waals surface area contributed by atoms with Crippen LogP contribution in [-0.4, -0.2) is 47.9 Å². The topological polar surface area (TPSA) is 23.6 Å². The summed E-state index contributed by atoms with van der Waals surface area (Å²) in [5.74, 6) is 0.315. The van der Waals surface area contributed by atoms with E-state index in [0.717, 1.165) is 13.1 Å². The van der Waals surface area contributed by atoms with Crippen LogP contribution >= 0.6 is 0 Å². The van der Waals surface area contributed by atoms with Gasteiger partial charge < -0.3 is 4.90 Å². The van der Waals surface area contributed by atoms with Crippen molar-refractivity contribution in [1.82, 2.24) is 9.80 Å². The minimum Gasteiger partial charge on any atom is -0.339 e. The van der Waals surface area contributed by atoms with Gasteiger partial charge in [0.15, 0.2) is 0 Å². The van der Waals surface area contributed by atoms with Crippen molar-refractivity contribution >= 4 is 5.91 Å². The molecule has 1 amide bonds. The van der Waals surface area contributed by atoms with Crippen LogP contribution in [0.15, 0.2) is 0 Å². The molecule has 0 spiro atoms. The van der Waals surface area contributed by atoms with Crippen LogP contribution in [0.3, 0.4) is 0 Å². The van der Waals surface area contributed by atoms with Crippen molar-refractivity contribution in [1.29, 1.82) is 0 Å². The lowest BCUT2D eigenvalue weighted by Crippen LogP contribution is -2.60. The Hall–Kier alpha value is -0.570. The van der Waals surface area contributed by atoms with Gasteiger partial charge in [0.25, 0.3) is 0 Å². The standard InChI is InChI=1S/C10H18N2O/c1-2-10(13)12-7-9(8-12)11-5-3-4-6-11/h9H,2-8H2,1H3. The molecule has 0 radical (unpaired) electrons. The molecule has 2 saturated heterocycles. The van der Waals surface area contributed by atoms with E-state index in [4.69, 9.17) is 0 Å². The Morgan fingerprint density at radius 3 is 2.46 bits per heavy atom. The van der Waals surface area contributed by atoms with Gasteiger partial charge in [0.1, 0.15) is 0 Å². The second-order valence-corrected chi connectivity index (χ2v) is 4.05. The fraction of sp³-hybridized carbons (Fsp3) is 0.900. The van der Waals surface area contributed by atoms with Gasteiger partial charge in [-0.3, -0.25) is 9.69 Å². The summed E-state index contributed by atoms with van der Waals surface area (Å²) in [6, 6.07) is 0.679. The van der Waals surface area contributed by atoms with E-state index in [1.807, 2.05) is 11.8 Å². The van der Waals surface area contributed by atoms with Gasteiger partial charge in [0.2, 0.25) is 5.91 Å². The van der Waals surface area contributed by atoms with Crippen LogP contribution in [0, 0.1) is 0 Å². The van der Waals surface area contributed by atoms with Crippen molar-refractivity contribution < 1.29 is 4.79 Å². The van der Waals surface area contributed by atoms with E-state index in [9.17, 15) is 4.79 Å². The minimum atomic E-state index is 0.315. The summed E-state index contributed by atoms with van der Waals surface area (Å²) in [6.45, 7) is 6.39. The third-order valence-corrected chi connectivity index (χ3v) is 3.17. The third-order valence-electron chi connectivity index (χ3n) is 3.17. The summed E-state index contributed by atoms with van der Waals surface area (Å²) >= 11 is 0. The van der Waals surface area contributed by atoms with Gasteiger partial charge in [0.05, 0.1) is 0 Å². The number of carbonyl (C=O) groups excluding carboxylic acids is 1. The van der Waals surface area contributed by atoms with Crippen LogP contribution in [0.2, 0.25) is 0 Å². The molecule has 3 heteroatoms. The van der Waals surface area contributed by atoms with Gasteiger partial charge in [-0.05, 0) is 25.9 Å². The Kier molecular flexibility index (Phi) is 2.54. The molecule has 0 aliphatic carbocycles. The molecule has 0 unspecified atom stereocenters. The molecule has 0 aromatic heterocycles. The highest BCUT2D eigenvalue weighted by molar-refractivity contribution is 5.76. The van der Waals surface area contributed by atoms with Crippen LogP contribution in [-0.2, 0) is 4.79 Å². The van der Waals surface area contributed by atoms with Crippen molar-refractivity contribution in [2.75, 3.05) is 26.2 Å². The molecule has 2 rings (SSSR count). The number of hydrogen-bond donors (Lipinski definition) is 0. The van der Waals surface area contributed by atoms with Crippen molar-refractivity contribution in [3.8, 4) is 0 Å². The first-order valence-corrected chi connectivity index (χ1v) is 5.33. The van der Waals surface area contributed by atoms with E-state index in [2.05, 4.69) is 4.90 Å². The number of hydrogen-bond acceptors (Lipinski definition) is 2. The maximum atomic E-state index is 11.3. The summed E-state index contributed by atoms with van der Waals surface area (Å²) < 4.78 is 0. The largest absolute Gasteiger partial charge is 0.339 e. The van der Waals surface area contributed by atoms with Gasteiger partial charge >= 0.3 is 0 Å². The number of rotatable bonds is 2. The number of likely N-dealkylation sites (tertiary alicyclic amines) is 2. The fourth-order valence-electron chi connectivity index (χ4n) is 2.22. The first kappa shape index (κ1) is 9.00. The maximum absolute atomic E-state index is 11.3. The zero-order valence-corrected chi connectivity index (χ0v) is 8.33. The Balaban J connectivity index is 1.74.